The zero-order valence-electron chi connectivity index (χ0n) is 17.2. The lowest BCUT2D eigenvalue weighted by molar-refractivity contribution is -0.751. The molecule has 0 bridgehead atoms. The van der Waals surface area contributed by atoms with Crippen LogP contribution < -0.4 is 9.58 Å². The van der Waals surface area contributed by atoms with Crippen molar-refractivity contribution in [2.45, 2.75) is 6.54 Å². The van der Waals surface area contributed by atoms with Gasteiger partial charge < -0.3 is 9.45 Å². The van der Waals surface area contributed by atoms with Gasteiger partial charge in [-0.2, -0.15) is 9.36 Å². The van der Waals surface area contributed by atoms with Crippen LogP contribution in [0.25, 0.3) is 0 Å². The molecule has 1 aromatic heterocycles. The van der Waals surface area contributed by atoms with E-state index < -0.39 is 10.4 Å². The predicted molar refractivity (Wildman–Crippen MR) is 110 cm³/mol. The van der Waals surface area contributed by atoms with Gasteiger partial charge in [-0.15, -0.1) is 5.11 Å². The van der Waals surface area contributed by atoms with E-state index in [0.29, 0.717) is 5.95 Å². The summed E-state index contributed by atoms with van der Waals surface area (Å²) in [6.07, 6.45) is 1.70. The first kappa shape index (κ1) is 23.1. The van der Waals surface area contributed by atoms with Gasteiger partial charge in [-0.25, -0.2) is 8.42 Å². The molecule has 0 amide bonds. The van der Waals surface area contributed by atoms with Gasteiger partial charge in [-0.1, -0.05) is 35.4 Å². The maximum atomic E-state index is 9.22. The van der Waals surface area contributed by atoms with Crippen molar-refractivity contribution in [3.05, 3.63) is 66.5 Å². The zero-order chi connectivity index (χ0) is 22.1. The minimum absolute atomic E-state index is 0.572. The molecule has 0 aliphatic heterocycles. The average Bonchev–Trinajstić information content (AvgIpc) is 3.05. The molecule has 0 radical (unpaired) electrons. The van der Waals surface area contributed by atoms with Gasteiger partial charge in [0.15, 0.2) is 0 Å². The highest BCUT2D eigenvalue weighted by atomic mass is 32.3. The lowest BCUT2D eigenvalue weighted by Crippen LogP contribution is -2.35. The molecule has 0 fully saturated rings. The first-order chi connectivity index (χ1) is 14.2. The molecule has 0 N–H and O–H groups in total. The molecule has 0 spiro atoms. The molecule has 0 saturated carbocycles. The molecule has 3 aromatic rings. The maximum absolute atomic E-state index is 9.22. The molecule has 160 valence electrons. The van der Waals surface area contributed by atoms with Crippen molar-refractivity contribution in [2.24, 2.45) is 24.3 Å². The average molecular weight is 433 g/mol. The topological polar surface area (TPSA) is 116 Å². The Hall–Kier alpha value is -3.15. The van der Waals surface area contributed by atoms with Crippen LogP contribution >= 0.6 is 0 Å². The SMILES string of the molecule is CN(Cc1ccccc1)c1ccc(N=Nc2nc[n+](C)n2C)cc1.COS(=O)(=O)[O-]. The van der Waals surface area contributed by atoms with Crippen LogP contribution in [0.1, 0.15) is 5.56 Å². The van der Waals surface area contributed by atoms with Crippen LogP contribution in [-0.4, -0.2) is 36.8 Å². The number of hydrogen-bond acceptors (Lipinski definition) is 8. The minimum atomic E-state index is -4.41. The normalized spacial score (nSPS) is 11.2. The molecule has 0 unspecified atom stereocenters. The zero-order valence-corrected chi connectivity index (χ0v) is 18.0. The van der Waals surface area contributed by atoms with Gasteiger partial charge in [0.25, 0.3) is 0 Å². The van der Waals surface area contributed by atoms with Crippen molar-refractivity contribution in [1.29, 1.82) is 0 Å². The molecule has 3 rings (SSSR count). The molecule has 0 aliphatic carbocycles. The summed E-state index contributed by atoms with van der Waals surface area (Å²) in [6, 6.07) is 18.4. The second-order valence-electron chi connectivity index (χ2n) is 6.27. The Bertz CT molecular complexity index is 1070. The van der Waals surface area contributed by atoms with Gasteiger partial charge in [-0.3, -0.25) is 4.18 Å². The van der Waals surface area contributed by atoms with Crippen molar-refractivity contribution in [3.8, 4) is 0 Å². The highest BCUT2D eigenvalue weighted by molar-refractivity contribution is 7.80. The Kier molecular flexibility index (Phi) is 8.16. The van der Waals surface area contributed by atoms with E-state index in [1.165, 1.54) is 5.56 Å². The molecule has 10 nitrogen and oxygen atoms in total. The molecular formula is C19H24N6O4S. The molecule has 2 aromatic carbocycles. The van der Waals surface area contributed by atoms with E-state index in [0.717, 1.165) is 25.0 Å². The second-order valence-corrected chi connectivity index (χ2v) is 7.42. The van der Waals surface area contributed by atoms with E-state index in [1.54, 1.807) is 6.33 Å². The molecule has 0 atom stereocenters. The van der Waals surface area contributed by atoms with E-state index in [4.69, 9.17) is 0 Å². The quantitative estimate of drug-likeness (QED) is 0.256. The number of aromatic nitrogens is 3. The molecular weight excluding hydrogens is 408 g/mol. The van der Waals surface area contributed by atoms with E-state index in [1.807, 2.05) is 41.7 Å². The van der Waals surface area contributed by atoms with Gasteiger partial charge in [0.05, 0.1) is 19.8 Å². The smallest absolute Gasteiger partial charge is 0.394 e. The molecule has 1 heterocycles. The Morgan fingerprint density at radius 3 is 2.23 bits per heavy atom. The maximum Gasteiger partial charge on any atom is 0.394 e. The van der Waals surface area contributed by atoms with Gasteiger partial charge in [0, 0.05) is 19.3 Å². The Balaban J connectivity index is 0.000000469. The van der Waals surface area contributed by atoms with E-state index in [2.05, 4.69) is 67.7 Å². The fourth-order valence-electron chi connectivity index (χ4n) is 2.35. The number of anilines is 1. The summed E-state index contributed by atoms with van der Waals surface area (Å²) >= 11 is 0. The number of rotatable bonds is 6. The summed E-state index contributed by atoms with van der Waals surface area (Å²) in [5, 5.41) is 8.43. The minimum Gasteiger partial charge on any atom is -0.726 e. The highest BCUT2D eigenvalue weighted by Crippen LogP contribution is 2.21. The summed E-state index contributed by atoms with van der Waals surface area (Å²) in [6.45, 7) is 0.867. The number of nitrogens with zero attached hydrogens (tertiary/aromatic N) is 6. The van der Waals surface area contributed by atoms with Crippen molar-refractivity contribution >= 4 is 27.7 Å². The van der Waals surface area contributed by atoms with Gasteiger partial charge in [-0.05, 0) is 34.8 Å². The van der Waals surface area contributed by atoms with Crippen LogP contribution in [0.4, 0.5) is 17.3 Å². The number of hydrogen-bond donors (Lipinski definition) is 0. The van der Waals surface area contributed by atoms with Crippen LogP contribution in [0.3, 0.4) is 0 Å². The van der Waals surface area contributed by atoms with E-state index >= 15 is 0 Å². The van der Waals surface area contributed by atoms with Gasteiger partial charge in [0.1, 0.15) is 7.05 Å². The van der Waals surface area contributed by atoms with Crippen LogP contribution in [0, 0.1) is 0 Å². The van der Waals surface area contributed by atoms with Crippen molar-refractivity contribution in [2.75, 3.05) is 19.1 Å². The van der Waals surface area contributed by atoms with Crippen LogP contribution in [0.5, 0.6) is 0 Å². The van der Waals surface area contributed by atoms with E-state index in [9.17, 15) is 13.0 Å². The highest BCUT2D eigenvalue weighted by Gasteiger charge is 2.09. The lowest BCUT2D eigenvalue weighted by atomic mass is 10.2. The Labute approximate surface area is 176 Å². The van der Waals surface area contributed by atoms with Crippen LogP contribution in [0.2, 0.25) is 0 Å². The first-order valence-electron chi connectivity index (χ1n) is 8.85. The Morgan fingerprint density at radius 1 is 1.13 bits per heavy atom. The third-order valence-corrected chi connectivity index (χ3v) is 4.52. The van der Waals surface area contributed by atoms with Crippen LogP contribution in [0.15, 0.2) is 71.2 Å². The molecule has 30 heavy (non-hydrogen) atoms. The predicted octanol–water partition coefficient (Wildman–Crippen LogP) is 2.39. The van der Waals surface area contributed by atoms with Crippen molar-refractivity contribution < 1.29 is 21.8 Å². The number of aryl methyl sites for hydroxylation is 1. The third-order valence-electron chi connectivity index (χ3n) is 4.12. The molecule has 0 saturated heterocycles. The molecule has 11 heteroatoms. The van der Waals surface area contributed by atoms with Crippen molar-refractivity contribution in [1.82, 2.24) is 9.67 Å². The standard InChI is InChI=1S/C18H21N6.CH4O4S/c1-22(13-15-7-5-4-6-8-15)17-11-9-16(10-12-17)20-21-18-19-14-23(2)24(18)3;1-5-6(2,3)4/h4-12,14H,13H2,1-3H3;1H3,(H,2,3,4)/q+1;/p-1. The summed E-state index contributed by atoms with van der Waals surface area (Å²) < 4.78 is 34.7. The first-order valence-corrected chi connectivity index (χ1v) is 10.2. The van der Waals surface area contributed by atoms with Crippen molar-refractivity contribution in [3.63, 3.8) is 0 Å². The van der Waals surface area contributed by atoms with Crippen LogP contribution in [-0.2, 0) is 35.2 Å². The molecule has 0 aliphatic rings. The van der Waals surface area contributed by atoms with Gasteiger partial charge >= 0.3 is 12.3 Å². The fraction of sp³-hybridized carbons (Fsp3) is 0.263. The third kappa shape index (κ3) is 7.35. The monoisotopic (exact) mass is 432 g/mol. The lowest BCUT2D eigenvalue weighted by Gasteiger charge is -2.19. The summed E-state index contributed by atoms with van der Waals surface area (Å²) in [5.74, 6) is 0.572. The summed E-state index contributed by atoms with van der Waals surface area (Å²) in [5.41, 5.74) is 3.23. The number of benzene rings is 2. The fourth-order valence-corrected chi connectivity index (χ4v) is 2.35. The summed E-state index contributed by atoms with van der Waals surface area (Å²) in [7, 11) is 2.27. The largest absolute Gasteiger partial charge is 0.726 e. The van der Waals surface area contributed by atoms with E-state index in [-0.39, 0.29) is 0 Å². The van der Waals surface area contributed by atoms with Gasteiger partial charge in [0.2, 0.25) is 10.4 Å². The Morgan fingerprint density at radius 2 is 1.73 bits per heavy atom. The number of azo groups is 1. The summed E-state index contributed by atoms with van der Waals surface area (Å²) in [4.78, 5) is 6.38. The second kappa shape index (κ2) is 10.6.